The first-order valence-electron chi connectivity index (χ1n) is 8.42. The number of rotatable bonds is 6. The highest BCUT2D eigenvalue weighted by Gasteiger charge is 2.13. The predicted molar refractivity (Wildman–Crippen MR) is 98.8 cm³/mol. The first-order chi connectivity index (χ1) is 11.4. The van der Waals surface area contributed by atoms with Crippen molar-refractivity contribution in [1.29, 1.82) is 0 Å². The van der Waals surface area contributed by atoms with E-state index in [9.17, 15) is 8.42 Å². The van der Waals surface area contributed by atoms with Crippen LogP contribution >= 0.6 is 0 Å². The molecule has 3 N–H and O–H groups in total. The number of aryl methyl sites for hydroxylation is 2. The van der Waals surface area contributed by atoms with Crippen LogP contribution in [0, 0.1) is 0 Å². The number of nitrogens with zero attached hydrogens (tertiary/aromatic N) is 1. The molecule has 6 nitrogen and oxygen atoms in total. The van der Waals surface area contributed by atoms with Crippen molar-refractivity contribution in [2.75, 3.05) is 26.4 Å². The van der Waals surface area contributed by atoms with Crippen molar-refractivity contribution in [3.05, 3.63) is 34.9 Å². The normalized spacial score (nSPS) is 16.4. The summed E-state index contributed by atoms with van der Waals surface area (Å²) in [4.78, 5) is 4.19. The maximum Gasteiger partial charge on any atom is 0.208 e. The summed E-state index contributed by atoms with van der Waals surface area (Å²) < 4.78 is 24.5. The third-order valence-electron chi connectivity index (χ3n) is 4.23. The minimum absolute atomic E-state index is 0.131. The Bertz CT molecular complexity index is 686. The highest BCUT2D eigenvalue weighted by atomic mass is 32.2. The molecule has 1 atom stereocenters. The Morgan fingerprint density at radius 1 is 1.21 bits per heavy atom. The van der Waals surface area contributed by atoms with E-state index in [0.29, 0.717) is 19.0 Å². The molecule has 134 valence electrons. The topological polar surface area (TPSA) is 82.6 Å². The van der Waals surface area contributed by atoms with E-state index in [1.807, 2.05) is 0 Å². The van der Waals surface area contributed by atoms with Gasteiger partial charge in [-0.25, -0.2) is 13.1 Å². The van der Waals surface area contributed by atoms with Gasteiger partial charge < -0.3 is 10.6 Å². The van der Waals surface area contributed by atoms with Crippen LogP contribution in [-0.4, -0.2) is 40.8 Å². The van der Waals surface area contributed by atoms with Gasteiger partial charge in [0.1, 0.15) is 0 Å². The van der Waals surface area contributed by atoms with Gasteiger partial charge in [-0.1, -0.05) is 18.2 Å². The molecule has 0 bridgehead atoms. The van der Waals surface area contributed by atoms with Crippen molar-refractivity contribution in [1.82, 2.24) is 15.4 Å². The van der Waals surface area contributed by atoms with E-state index in [4.69, 9.17) is 0 Å². The second-order valence-electron chi connectivity index (χ2n) is 6.27. The maximum absolute atomic E-state index is 11.0. The van der Waals surface area contributed by atoms with Gasteiger partial charge in [-0.05, 0) is 49.3 Å². The van der Waals surface area contributed by atoms with Gasteiger partial charge in [0.2, 0.25) is 10.0 Å². The van der Waals surface area contributed by atoms with Crippen LogP contribution in [-0.2, 0) is 22.9 Å². The summed E-state index contributed by atoms with van der Waals surface area (Å²) in [6.07, 6.45) is 6.07. The van der Waals surface area contributed by atoms with E-state index in [0.717, 1.165) is 6.26 Å². The van der Waals surface area contributed by atoms with E-state index < -0.39 is 10.0 Å². The number of nitrogens with one attached hydrogen (secondary N) is 3. The molecule has 0 fully saturated rings. The van der Waals surface area contributed by atoms with Gasteiger partial charge >= 0.3 is 0 Å². The number of guanidine groups is 1. The summed E-state index contributed by atoms with van der Waals surface area (Å²) in [6, 6.07) is 6.85. The zero-order valence-corrected chi connectivity index (χ0v) is 15.5. The summed E-state index contributed by atoms with van der Waals surface area (Å²) in [5, 5.41) is 6.47. The van der Waals surface area contributed by atoms with Crippen molar-refractivity contribution in [2.24, 2.45) is 4.99 Å². The van der Waals surface area contributed by atoms with Crippen LogP contribution < -0.4 is 15.4 Å². The van der Waals surface area contributed by atoms with Crippen molar-refractivity contribution in [3.8, 4) is 0 Å². The van der Waals surface area contributed by atoms with Crippen LogP contribution in [0.2, 0.25) is 0 Å². The monoisotopic (exact) mass is 352 g/mol. The fourth-order valence-electron chi connectivity index (χ4n) is 2.92. The molecule has 7 heteroatoms. The second-order valence-corrected chi connectivity index (χ2v) is 8.10. The molecule has 1 unspecified atom stereocenters. The third-order valence-corrected chi connectivity index (χ3v) is 4.96. The molecule has 0 saturated carbocycles. The van der Waals surface area contributed by atoms with Crippen LogP contribution in [0.1, 0.15) is 42.5 Å². The van der Waals surface area contributed by atoms with E-state index in [2.05, 4.69) is 45.5 Å². The summed E-state index contributed by atoms with van der Waals surface area (Å²) in [5.41, 5.74) is 4.19. The average Bonchev–Trinajstić information content (AvgIpc) is 2.56. The summed E-state index contributed by atoms with van der Waals surface area (Å²) in [7, 11) is -1.45. The molecule has 0 aromatic heterocycles. The molecule has 1 aliphatic rings. The zero-order valence-electron chi connectivity index (χ0n) is 14.7. The second kappa shape index (κ2) is 8.48. The lowest BCUT2D eigenvalue weighted by Crippen LogP contribution is -2.42. The lowest BCUT2D eigenvalue weighted by atomic mass is 9.89. The Kier molecular flexibility index (Phi) is 6.62. The molecule has 0 amide bonds. The lowest BCUT2D eigenvalue weighted by Gasteiger charge is -2.21. The number of aliphatic imine (C=N–C) groups is 1. The molecular formula is C17H28N4O2S. The predicted octanol–water partition coefficient (Wildman–Crippen LogP) is 1.34. The molecule has 1 aliphatic carbocycles. The smallest absolute Gasteiger partial charge is 0.208 e. The van der Waals surface area contributed by atoms with E-state index in [1.165, 1.54) is 42.4 Å². The fraction of sp³-hybridized carbons (Fsp3) is 0.588. The van der Waals surface area contributed by atoms with Gasteiger partial charge in [0.15, 0.2) is 5.96 Å². The van der Waals surface area contributed by atoms with Crippen molar-refractivity contribution in [3.63, 3.8) is 0 Å². The molecule has 1 aromatic carbocycles. The summed E-state index contributed by atoms with van der Waals surface area (Å²) in [5.74, 6) is 0.663. The van der Waals surface area contributed by atoms with Crippen molar-refractivity contribution in [2.45, 2.75) is 38.6 Å². The third kappa shape index (κ3) is 5.79. The van der Waals surface area contributed by atoms with Gasteiger partial charge in [0.25, 0.3) is 0 Å². The van der Waals surface area contributed by atoms with Crippen LogP contribution in [0.3, 0.4) is 0 Å². The average molecular weight is 353 g/mol. The highest BCUT2D eigenvalue weighted by Crippen LogP contribution is 2.24. The first-order valence-corrected chi connectivity index (χ1v) is 10.3. The van der Waals surface area contributed by atoms with Gasteiger partial charge in [0.05, 0.1) is 12.3 Å². The minimum atomic E-state index is -3.15. The Hall–Kier alpha value is -1.60. The molecule has 2 rings (SSSR count). The highest BCUT2D eigenvalue weighted by molar-refractivity contribution is 7.88. The summed E-state index contributed by atoms with van der Waals surface area (Å²) >= 11 is 0. The Morgan fingerprint density at radius 2 is 1.92 bits per heavy atom. The number of sulfonamides is 1. The Morgan fingerprint density at radius 3 is 2.58 bits per heavy atom. The van der Waals surface area contributed by atoms with E-state index in [-0.39, 0.29) is 6.04 Å². The molecule has 24 heavy (non-hydrogen) atoms. The quantitative estimate of drug-likeness (QED) is 0.410. The Balaban J connectivity index is 1.88. The number of benzene rings is 1. The molecule has 1 aromatic rings. The standard InChI is InChI=1S/C17H28N4O2S/c1-13(15-9-8-14-6-4-5-7-16(14)12-15)21-17(18-2)19-10-11-20-24(3,22)23/h8-9,12-13,20H,4-7,10-11H2,1-3H3,(H2,18,19,21). The van der Waals surface area contributed by atoms with Gasteiger partial charge in [0, 0.05) is 20.1 Å². The lowest BCUT2D eigenvalue weighted by molar-refractivity contribution is 0.586. The van der Waals surface area contributed by atoms with Crippen molar-refractivity contribution >= 4 is 16.0 Å². The number of fused-ring (bicyclic) bond motifs is 1. The molecule has 0 radical (unpaired) electrons. The van der Waals surface area contributed by atoms with Crippen LogP contribution in [0.25, 0.3) is 0 Å². The summed E-state index contributed by atoms with van der Waals surface area (Å²) in [6.45, 7) is 2.91. The molecule has 0 aliphatic heterocycles. The molecular weight excluding hydrogens is 324 g/mol. The largest absolute Gasteiger partial charge is 0.355 e. The maximum atomic E-state index is 11.0. The number of hydrogen-bond donors (Lipinski definition) is 3. The Labute approximate surface area is 145 Å². The van der Waals surface area contributed by atoms with Crippen LogP contribution in [0.5, 0.6) is 0 Å². The van der Waals surface area contributed by atoms with Crippen LogP contribution in [0.4, 0.5) is 0 Å². The number of hydrogen-bond acceptors (Lipinski definition) is 3. The van der Waals surface area contributed by atoms with Gasteiger partial charge in [-0.2, -0.15) is 0 Å². The minimum Gasteiger partial charge on any atom is -0.355 e. The first kappa shape index (κ1) is 18.7. The van der Waals surface area contributed by atoms with E-state index >= 15 is 0 Å². The van der Waals surface area contributed by atoms with Gasteiger partial charge in [-0.15, -0.1) is 0 Å². The SMILES string of the molecule is CN=C(NCCNS(C)(=O)=O)NC(C)c1ccc2c(c1)CCCC2. The van der Waals surface area contributed by atoms with Gasteiger partial charge in [-0.3, -0.25) is 4.99 Å². The molecule has 0 spiro atoms. The molecule has 0 saturated heterocycles. The zero-order chi connectivity index (χ0) is 17.6. The van der Waals surface area contributed by atoms with E-state index in [1.54, 1.807) is 7.05 Å². The van der Waals surface area contributed by atoms with Crippen molar-refractivity contribution < 1.29 is 8.42 Å². The fourth-order valence-corrected chi connectivity index (χ4v) is 3.40. The molecule has 0 heterocycles. The van der Waals surface area contributed by atoms with Crippen LogP contribution in [0.15, 0.2) is 23.2 Å².